The van der Waals surface area contributed by atoms with Crippen molar-refractivity contribution < 1.29 is 22.7 Å². The van der Waals surface area contributed by atoms with Crippen molar-refractivity contribution in [2.24, 2.45) is 0 Å². The van der Waals surface area contributed by atoms with Crippen molar-refractivity contribution in [3.05, 3.63) is 72.3 Å². The summed E-state index contributed by atoms with van der Waals surface area (Å²) in [6.07, 6.45) is 4.99. The number of methoxy groups -OCH3 is 1. The standard InChI is InChI=1S/C28H31N3O5S/c1-35-26-13-12-19(14-27(26)36-24-9-2-3-10-24)20-15-28(32)31(18-20)23-8-5-7-22(17-23)30-37(33,34)25-11-4-6-21(29)16-25/h4-8,11-14,16-17,20,24,30H,2-3,9-10,15,18,29H2,1H3. The Labute approximate surface area is 217 Å². The van der Waals surface area contributed by atoms with Crippen LogP contribution in [0.1, 0.15) is 43.6 Å². The molecule has 1 aliphatic carbocycles. The van der Waals surface area contributed by atoms with Crippen molar-refractivity contribution in [1.82, 2.24) is 0 Å². The summed E-state index contributed by atoms with van der Waals surface area (Å²) in [6.45, 7) is 0.486. The monoisotopic (exact) mass is 521 g/mol. The van der Waals surface area contributed by atoms with Gasteiger partial charge in [0.1, 0.15) is 0 Å². The van der Waals surface area contributed by atoms with Gasteiger partial charge in [0.05, 0.1) is 23.8 Å². The fraction of sp³-hybridized carbons (Fsp3) is 0.321. The highest BCUT2D eigenvalue weighted by Crippen LogP contribution is 2.38. The highest BCUT2D eigenvalue weighted by Gasteiger charge is 2.32. The Hall–Kier alpha value is -3.72. The van der Waals surface area contributed by atoms with Gasteiger partial charge in [-0.05, 0) is 79.8 Å². The topological polar surface area (TPSA) is 111 Å². The van der Waals surface area contributed by atoms with Gasteiger partial charge in [-0.3, -0.25) is 9.52 Å². The molecule has 1 saturated heterocycles. The molecule has 3 N–H and O–H groups in total. The zero-order valence-electron chi connectivity index (χ0n) is 20.7. The van der Waals surface area contributed by atoms with Crippen LogP contribution in [-0.2, 0) is 14.8 Å². The number of carbonyl (C=O) groups is 1. The third-order valence-corrected chi connectivity index (χ3v) is 8.34. The van der Waals surface area contributed by atoms with Gasteiger partial charge in [0.15, 0.2) is 11.5 Å². The number of hydrogen-bond donors (Lipinski definition) is 2. The maximum atomic E-state index is 13.0. The number of sulfonamides is 1. The molecule has 3 aromatic rings. The van der Waals surface area contributed by atoms with E-state index in [1.807, 2.05) is 18.2 Å². The first-order chi connectivity index (χ1) is 17.8. The van der Waals surface area contributed by atoms with E-state index in [9.17, 15) is 13.2 Å². The van der Waals surface area contributed by atoms with Crippen molar-refractivity contribution in [2.75, 3.05) is 29.0 Å². The summed E-state index contributed by atoms with van der Waals surface area (Å²) in [5.41, 5.74) is 8.13. The fourth-order valence-corrected chi connectivity index (χ4v) is 6.14. The summed E-state index contributed by atoms with van der Waals surface area (Å²) in [6, 6.07) is 18.8. The molecule has 0 aromatic heterocycles. The SMILES string of the molecule is COc1ccc(C2CC(=O)N(c3cccc(NS(=O)(=O)c4cccc(N)c4)c3)C2)cc1OC1CCCC1. The molecule has 0 bridgehead atoms. The number of ether oxygens (including phenoxy) is 2. The van der Waals surface area contributed by atoms with Gasteiger partial charge in [0, 0.05) is 30.3 Å². The van der Waals surface area contributed by atoms with Crippen LogP contribution in [0.15, 0.2) is 71.6 Å². The molecule has 2 fully saturated rings. The van der Waals surface area contributed by atoms with E-state index < -0.39 is 10.0 Å². The molecular formula is C28H31N3O5S. The molecule has 1 heterocycles. The number of anilines is 3. The first kappa shape index (κ1) is 25.0. The maximum absolute atomic E-state index is 13.0. The number of nitrogens with one attached hydrogen (secondary N) is 1. The Morgan fingerprint density at radius 2 is 1.76 bits per heavy atom. The second kappa shape index (κ2) is 10.3. The summed E-state index contributed by atoms with van der Waals surface area (Å²) in [5.74, 6) is 1.37. The zero-order chi connectivity index (χ0) is 26.0. The minimum Gasteiger partial charge on any atom is -0.493 e. The number of nitrogen functional groups attached to an aromatic ring is 1. The van der Waals surface area contributed by atoms with E-state index in [1.54, 1.807) is 48.4 Å². The number of amides is 1. The van der Waals surface area contributed by atoms with Gasteiger partial charge >= 0.3 is 0 Å². The van der Waals surface area contributed by atoms with Crippen molar-refractivity contribution in [1.29, 1.82) is 0 Å². The van der Waals surface area contributed by atoms with Gasteiger partial charge in [-0.1, -0.05) is 18.2 Å². The molecule has 1 saturated carbocycles. The Balaban J connectivity index is 1.33. The molecule has 1 amide bonds. The summed E-state index contributed by atoms with van der Waals surface area (Å²) in [5, 5.41) is 0. The average molecular weight is 522 g/mol. The second-order valence-corrected chi connectivity index (χ2v) is 11.3. The molecule has 9 heteroatoms. The maximum Gasteiger partial charge on any atom is 0.261 e. The summed E-state index contributed by atoms with van der Waals surface area (Å²) < 4.78 is 40.0. The largest absolute Gasteiger partial charge is 0.493 e. The third kappa shape index (κ3) is 5.51. The van der Waals surface area contributed by atoms with Crippen LogP contribution in [-0.4, -0.2) is 34.1 Å². The molecular weight excluding hydrogens is 490 g/mol. The van der Waals surface area contributed by atoms with Crippen molar-refractivity contribution in [3.63, 3.8) is 0 Å². The average Bonchev–Trinajstić information content (AvgIpc) is 3.53. The number of benzene rings is 3. The van der Waals surface area contributed by atoms with E-state index in [0.29, 0.717) is 35.8 Å². The minimum absolute atomic E-state index is 0.0167. The Morgan fingerprint density at radius 1 is 0.973 bits per heavy atom. The molecule has 0 radical (unpaired) electrons. The first-order valence-corrected chi connectivity index (χ1v) is 13.9. The molecule has 1 aliphatic heterocycles. The Morgan fingerprint density at radius 3 is 2.51 bits per heavy atom. The first-order valence-electron chi connectivity index (χ1n) is 12.5. The highest BCUT2D eigenvalue weighted by molar-refractivity contribution is 7.92. The molecule has 3 aromatic carbocycles. The van der Waals surface area contributed by atoms with E-state index in [2.05, 4.69) is 4.72 Å². The second-order valence-electron chi connectivity index (χ2n) is 9.57. The smallest absolute Gasteiger partial charge is 0.261 e. The third-order valence-electron chi connectivity index (χ3n) is 6.96. The van der Waals surface area contributed by atoms with Crippen LogP contribution in [0.3, 0.4) is 0 Å². The van der Waals surface area contributed by atoms with E-state index >= 15 is 0 Å². The Bertz CT molecular complexity index is 1400. The minimum atomic E-state index is -3.82. The molecule has 1 atom stereocenters. The van der Waals surface area contributed by atoms with Gasteiger partial charge < -0.3 is 20.1 Å². The van der Waals surface area contributed by atoms with Crippen LogP contribution >= 0.6 is 0 Å². The lowest BCUT2D eigenvalue weighted by molar-refractivity contribution is -0.117. The lowest BCUT2D eigenvalue weighted by atomic mass is 9.98. The van der Waals surface area contributed by atoms with Crippen molar-refractivity contribution in [2.45, 2.75) is 49.0 Å². The molecule has 37 heavy (non-hydrogen) atoms. The highest BCUT2D eigenvalue weighted by atomic mass is 32.2. The predicted octanol–water partition coefficient (Wildman–Crippen LogP) is 4.92. The number of nitrogens with two attached hydrogens (primary N) is 1. The van der Waals surface area contributed by atoms with Crippen LogP contribution in [0.2, 0.25) is 0 Å². The Kier molecular flexibility index (Phi) is 6.97. The van der Waals surface area contributed by atoms with Crippen LogP contribution in [0.5, 0.6) is 11.5 Å². The summed E-state index contributed by atoms with van der Waals surface area (Å²) in [4.78, 5) is 14.8. The predicted molar refractivity (Wildman–Crippen MR) is 144 cm³/mol. The van der Waals surface area contributed by atoms with Crippen LogP contribution in [0.4, 0.5) is 17.1 Å². The van der Waals surface area contributed by atoms with E-state index in [-0.39, 0.29) is 22.8 Å². The van der Waals surface area contributed by atoms with E-state index in [0.717, 1.165) is 24.2 Å². The van der Waals surface area contributed by atoms with Crippen molar-refractivity contribution in [3.8, 4) is 11.5 Å². The number of nitrogens with zero attached hydrogens (tertiary/aromatic N) is 1. The molecule has 2 aliphatic rings. The molecule has 8 nitrogen and oxygen atoms in total. The van der Waals surface area contributed by atoms with E-state index in [1.165, 1.54) is 25.0 Å². The fourth-order valence-electron chi connectivity index (χ4n) is 5.04. The summed E-state index contributed by atoms with van der Waals surface area (Å²) >= 11 is 0. The molecule has 5 rings (SSSR count). The van der Waals surface area contributed by atoms with Gasteiger partial charge in [-0.15, -0.1) is 0 Å². The molecule has 1 unspecified atom stereocenters. The van der Waals surface area contributed by atoms with E-state index in [4.69, 9.17) is 15.2 Å². The zero-order valence-corrected chi connectivity index (χ0v) is 21.5. The van der Waals surface area contributed by atoms with Crippen LogP contribution < -0.4 is 24.8 Å². The summed E-state index contributed by atoms with van der Waals surface area (Å²) in [7, 11) is -2.19. The number of rotatable bonds is 8. The van der Waals surface area contributed by atoms with Crippen LogP contribution in [0.25, 0.3) is 0 Å². The van der Waals surface area contributed by atoms with Gasteiger partial charge in [-0.25, -0.2) is 8.42 Å². The quantitative estimate of drug-likeness (QED) is 0.407. The van der Waals surface area contributed by atoms with Crippen molar-refractivity contribution >= 4 is 33.0 Å². The van der Waals surface area contributed by atoms with Gasteiger partial charge in [0.2, 0.25) is 5.91 Å². The number of hydrogen-bond acceptors (Lipinski definition) is 6. The lowest BCUT2D eigenvalue weighted by Crippen LogP contribution is -2.24. The normalized spacial score (nSPS) is 18.2. The van der Waals surface area contributed by atoms with Gasteiger partial charge in [-0.2, -0.15) is 0 Å². The molecule has 0 spiro atoms. The van der Waals surface area contributed by atoms with Crippen LogP contribution in [0, 0.1) is 0 Å². The molecule has 194 valence electrons. The lowest BCUT2D eigenvalue weighted by Gasteiger charge is -2.20. The number of carbonyl (C=O) groups excluding carboxylic acids is 1. The van der Waals surface area contributed by atoms with Gasteiger partial charge in [0.25, 0.3) is 10.0 Å².